The lowest BCUT2D eigenvalue weighted by Gasteiger charge is -2.02. The summed E-state index contributed by atoms with van der Waals surface area (Å²) in [4.78, 5) is 4.32. The predicted octanol–water partition coefficient (Wildman–Crippen LogP) is 1.89. The number of anilines is 1. The summed E-state index contributed by atoms with van der Waals surface area (Å²) in [5.41, 5.74) is 0.424. The van der Waals surface area contributed by atoms with Crippen LogP contribution in [0.4, 0.5) is 5.13 Å². The summed E-state index contributed by atoms with van der Waals surface area (Å²) in [6.45, 7) is 5.00. The molecule has 1 heterocycles. The van der Waals surface area contributed by atoms with Crippen LogP contribution in [0.2, 0.25) is 0 Å². The number of hydrogen-bond donors (Lipinski definition) is 1. The van der Waals surface area contributed by atoms with Crippen molar-refractivity contribution in [3.63, 3.8) is 0 Å². The van der Waals surface area contributed by atoms with E-state index in [2.05, 4.69) is 28.5 Å². The predicted molar refractivity (Wildman–Crippen MR) is 56.4 cm³/mol. The monoisotopic (exact) mass is 213 g/mol. The van der Waals surface area contributed by atoms with Crippen molar-refractivity contribution >= 4 is 16.7 Å². The Bertz CT molecular complexity index is 324. The highest BCUT2D eigenvalue weighted by Crippen LogP contribution is 2.46. The number of nitrogens with one attached hydrogen (secondary N) is 1. The molecule has 0 bridgehead atoms. The second-order valence-corrected chi connectivity index (χ2v) is 5.09. The van der Waals surface area contributed by atoms with Crippen molar-refractivity contribution in [2.45, 2.75) is 32.9 Å². The first-order chi connectivity index (χ1) is 6.62. The van der Waals surface area contributed by atoms with E-state index in [1.54, 1.807) is 7.11 Å². The van der Waals surface area contributed by atoms with Gasteiger partial charge in [-0.2, -0.15) is 4.37 Å². The first-order valence-electron chi connectivity index (χ1n) is 4.70. The summed E-state index contributed by atoms with van der Waals surface area (Å²) >= 11 is 1.41. The molecule has 2 rings (SSSR count). The Morgan fingerprint density at radius 1 is 1.64 bits per heavy atom. The van der Waals surface area contributed by atoms with Crippen LogP contribution in [0.15, 0.2) is 0 Å². The summed E-state index contributed by atoms with van der Waals surface area (Å²) in [5, 5.41) is 4.28. The Morgan fingerprint density at radius 2 is 2.36 bits per heavy atom. The molecule has 5 heteroatoms. The van der Waals surface area contributed by atoms with E-state index in [4.69, 9.17) is 4.74 Å². The highest BCUT2D eigenvalue weighted by atomic mass is 32.1. The highest BCUT2D eigenvalue weighted by molar-refractivity contribution is 7.09. The molecule has 0 spiro atoms. The third-order valence-electron chi connectivity index (χ3n) is 2.55. The van der Waals surface area contributed by atoms with E-state index in [1.807, 2.05) is 0 Å². The first kappa shape index (κ1) is 9.86. The summed E-state index contributed by atoms with van der Waals surface area (Å²) < 4.78 is 9.13. The maximum atomic E-state index is 4.96. The smallest absolute Gasteiger partial charge is 0.202 e. The molecule has 1 N–H and O–H groups in total. The van der Waals surface area contributed by atoms with Crippen LogP contribution in [-0.4, -0.2) is 22.5 Å². The molecule has 1 aliphatic carbocycles. The minimum atomic E-state index is 0.424. The molecule has 0 aromatic carbocycles. The maximum absolute atomic E-state index is 4.96. The minimum absolute atomic E-state index is 0.424. The first-order valence-corrected chi connectivity index (χ1v) is 5.47. The topological polar surface area (TPSA) is 47.0 Å². The van der Waals surface area contributed by atoms with E-state index < -0.39 is 0 Å². The molecule has 1 aromatic heterocycles. The van der Waals surface area contributed by atoms with Gasteiger partial charge in [0.15, 0.2) is 5.82 Å². The van der Waals surface area contributed by atoms with Crippen molar-refractivity contribution in [1.82, 2.24) is 9.36 Å². The second-order valence-electron chi connectivity index (χ2n) is 4.34. The Balaban J connectivity index is 1.91. The molecule has 0 radical (unpaired) electrons. The zero-order valence-corrected chi connectivity index (χ0v) is 9.52. The van der Waals surface area contributed by atoms with Crippen molar-refractivity contribution in [2.24, 2.45) is 5.41 Å². The van der Waals surface area contributed by atoms with Gasteiger partial charge in [-0.3, -0.25) is 0 Å². The van der Waals surface area contributed by atoms with Crippen LogP contribution in [0, 0.1) is 5.41 Å². The van der Waals surface area contributed by atoms with Gasteiger partial charge in [0.05, 0.1) is 0 Å². The summed E-state index contributed by atoms with van der Waals surface area (Å²) in [7, 11) is 1.65. The van der Waals surface area contributed by atoms with Crippen LogP contribution in [0.3, 0.4) is 0 Å². The molecule has 1 fully saturated rings. The van der Waals surface area contributed by atoms with E-state index in [-0.39, 0.29) is 0 Å². The van der Waals surface area contributed by atoms with Crippen molar-refractivity contribution in [3.8, 4) is 0 Å². The number of rotatable bonds is 4. The molecule has 1 atom stereocenters. The molecule has 0 amide bonds. The van der Waals surface area contributed by atoms with E-state index in [0.29, 0.717) is 18.1 Å². The lowest BCUT2D eigenvalue weighted by Crippen LogP contribution is -2.08. The van der Waals surface area contributed by atoms with Crippen molar-refractivity contribution in [3.05, 3.63) is 5.82 Å². The molecule has 1 unspecified atom stereocenters. The molecule has 1 saturated carbocycles. The Kier molecular flexibility index (Phi) is 2.45. The number of aromatic nitrogens is 2. The molecule has 0 saturated heterocycles. The fourth-order valence-electron chi connectivity index (χ4n) is 1.36. The third-order valence-corrected chi connectivity index (χ3v) is 3.24. The summed E-state index contributed by atoms with van der Waals surface area (Å²) in [6, 6.07) is 0.561. The average molecular weight is 213 g/mol. The highest BCUT2D eigenvalue weighted by Gasteiger charge is 2.46. The van der Waals surface area contributed by atoms with Crippen LogP contribution >= 0.6 is 11.5 Å². The molecule has 14 heavy (non-hydrogen) atoms. The van der Waals surface area contributed by atoms with Crippen molar-refractivity contribution in [2.75, 3.05) is 12.4 Å². The Morgan fingerprint density at radius 3 is 2.93 bits per heavy atom. The third kappa shape index (κ3) is 2.04. The summed E-state index contributed by atoms with van der Waals surface area (Å²) in [6.07, 6.45) is 1.21. The Hall–Kier alpha value is -0.680. The van der Waals surface area contributed by atoms with Gasteiger partial charge in [0.1, 0.15) is 6.61 Å². The van der Waals surface area contributed by atoms with Crippen LogP contribution in [0.1, 0.15) is 26.1 Å². The van der Waals surface area contributed by atoms with Crippen LogP contribution in [-0.2, 0) is 11.3 Å². The van der Waals surface area contributed by atoms with Gasteiger partial charge in [-0.15, -0.1) is 0 Å². The number of methoxy groups -OCH3 is 1. The fourth-order valence-corrected chi connectivity index (χ4v) is 1.99. The molecule has 0 aliphatic heterocycles. The van der Waals surface area contributed by atoms with Gasteiger partial charge in [-0.25, -0.2) is 4.98 Å². The van der Waals surface area contributed by atoms with Gasteiger partial charge in [0.2, 0.25) is 5.13 Å². The Labute approximate surface area is 87.9 Å². The van der Waals surface area contributed by atoms with Gasteiger partial charge in [0.25, 0.3) is 0 Å². The fraction of sp³-hybridized carbons (Fsp3) is 0.778. The normalized spacial score (nSPS) is 23.5. The van der Waals surface area contributed by atoms with E-state index >= 15 is 0 Å². The number of nitrogens with zero attached hydrogens (tertiary/aromatic N) is 2. The maximum Gasteiger partial charge on any atom is 0.202 e. The molecule has 1 aromatic rings. The summed E-state index contributed by atoms with van der Waals surface area (Å²) in [5.74, 6) is 0.762. The van der Waals surface area contributed by atoms with Crippen LogP contribution in [0.25, 0.3) is 0 Å². The van der Waals surface area contributed by atoms with Crippen LogP contribution in [0.5, 0.6) is 0 Å². The SMILES string of the molecule is COCc1nsc(NC2CC2(C)C)n1. The number of hydrogen-bond acceptors (Lipinski definition) is 5. The lowest BCUT2D eigenvalue weighted by molar-refractivity contribution is 0.179. The van der Waals surface area contributed by atoms with Gasteiger partial charge < -0.3 is 10.1 Å². The molecular weight excluding hydrogens is 198 g/mol. The standard InChI is InChI=1S/C9H15N3OS/c1-9(2)4-6(9)10-8-11-7(5-13-3)12-14-8/h6H,4-5H2,1-3H3,(H,10,11,12). The van der Waals surface area contributed by atoms with E-state index in [0.717, 1.165) is 11.0 Å². The van der Waals surface area contributed by atoms with Gasteiger partial charge in [-0.1, -0.05) is 13.8 Å². The quantitative estimate of drug-likeness (QED) is 0.829. The second kappa shape index (κ2) is 3.47. The lowest BCUT2D eigenvalue weighted by atomic mass is 10.2. The van der Waals surface area contributed by atoms with Gasteiger partial charge in [-0.05, 0) is 11.8 Å². The largest absolute Gasteiger partial charge is 0.377 e. The molecule has 4 nitrogen and oxygen atoms in total. The number of ether oxygens (including phenoxy) is 1. The zero-order chi connectivity index (χ0) is 10.2. The van der Waals surface area contributed by atoms with E-state index in [1.165, 1.54) is 18.0 Å². The van der Waals surface area contributed by atoms with Crippen LogP contribution < -0.4 is 5.32 Å². The van der Waals surface area contributed by atoms with Gasteiger partial charge >= 0.3 is 0 Å². The van der Waals surface area contributed by atoms with E-state index in [9.17, 15) is 0 Å². The molecule has 78 valence electrons. The minimum Gasteiger partial charge on any atom is -0.377 e. The molecule has 1 aliphatic rings. The average Bonchev–Trinajstić information content (AvgIpc) is 2.55. The van der Waals surface area contributed by atoms with Crippen molar-refractivity contribution in [1.29, 1.82) is 0 Å². The molecular formula is C9H15N3OS. The van der Waals surface area contributed by atoms with Crippen molar-refractivity contribution < 1.29 is 4.74 Å². The zero-order valence-electron chi connectivity index (χ0n) is 8.70. The van der Waals surface area contributed by atoms with Gasteiger partial charge in [0, 0.05) is 24.7 Å².